The Morgan fingerprint density at radius 1 is 1.22 bits per heavy atom. The number of likely N-dealkylation sites (tertiary alicyclic amines) is 1. The minimum Gasteiger partial charge on any atom is -0.342 e. The number of aromatic nitrogens is 3. The average Bonchev–Trinajstić information content (AvgIpc) is 3.38. The fraction of sp³-hybridized carbons (Fsp3) is 0.632. The van der Waals surface area contributed by atoms with Crippen LogP contribution in [0.3, 0.4) is 0 Å². The van der Waals surface area contributed by atoms with Crippen molar-refractivity contribution in [1.82, 2.24) is 19.5 Å². The molecule has 2 aromatic rings. The molecule has 0 aromatic carbocycles. The number of carbonyl (C=O) groups is 1. The molecule has 1 aliphatic heterocycles. The number of halogens is 3. The molecule has 0 N–H and O–H groups in total. The molecule has 1 atom stereocenters. The average molecular weight is 380 g/mol. The van der Waals surface area contributed by atoms with Gasteiger partial charge < -0.3 is 4.90 Å². The standard InChI is InChI=1S/C19H23F3N4O/c1-2-14-9-16(19(20,21)22)26-17(23-14)10-15(24-26)13-7-8-25(11-13)18(27)12-5-3-4-6-12/h9-10,12-13H,2-8,11H2,1H3/t13-/m1/s1. The van der Waals surface area contributed by atoms with Crippen molar-refractivity contribution in [3.8, 4) is 0 Å². The van der Waals surface area contributed by atoms with Crippen molar-refractivity contribution in [1.29, 1.82) is 0 Å². The minimum absolute atomic E-state index is 0.0387. The molecule has 8 heteroatoms. The molecule has 1 saturated heterocycles. The fourth-order valence-corrected chi connectivity index (χ4v) is 4.26. The Morgan fingerprint density at radius 2 is 1.96 bits per heavy atom. The summed E-state index contributed by atoms with van der Waals surface area (Å²) in [5, 5.41) is 4.22. The van der Waals surface area contributed by atoms with Gasteiger partial charge in [0, 0.05) is 36.7 Å². The van der Waals surface area contributed by atoms with Gasteiger partial charge in [-0.25, -0.2) is 9.50 Å². The Bertz CT molecular complexity index is 854. The van der Waals surface area contributed by atoms with Crippen molar-refractivity contribution in [3.63, 3.8) is 0 Å². The number of fused-ring (bicyclic) bond motifs is 1. The summed E-state index contributed by atoms with van der Waals surface area (Å²) in [6, 6.07) is 2.71. The third kappa shape index (κ3) is 3.41. The molecular weight excluding hydrogens is 357 g/mol. The van der Waals surface area contributed by atoms with E-state index in [1.807, 2.05) is 4.90 Å². The summed E-state index contributed by atoms with van der Waals surface area (Å²) in [6.45, 7) is 2.95. The third-order valence-electron chi connectivity index (χ3n) is 5.77. The van der Waals surface area contributed by atoms with Gasteiger partial charge in [-0.1, -0.05) is 19.8 Å². The van der Waals surface area contributed by atoms with Gasteiger partial charge in [-0.15, -0.1) is 0 Å². The Kier molecular flexibility index (Phi) is 4.60. The maximum Gasteiger partial charge on any atom is 0.433 e. The highest BCUT2D eigenvalue weighted by atomic mass is 19.4. The first kappa shape index (κ1) is 18.3. The molecule has 1 amide bonds. The van der Waals surface area contributed by atoms with E-state index in [4.69, 9.17) is 0 Å². The molecule has 1 aliphatic carbocycles. The van der Waals surface area contributed by atoms with Crippen LogP contribution < -0.4 is 0 Å². The van der Waals surface area contributed by atoms with E-state index in [0.29, 0.717) is 30.9 Å². The maximum absolute atomic E-state index is 13.4. The molecule has 0 bridgehead atoms. The normalized spacial score (nSPS) is 21.5. The second kappa shape index (κ2) is 6.80. The van der Waals surface area contributed by atoms with Gasteiger partial charge in [0.15, 0.2) is 5.65 Å². The second-order valence-corrected chi connectivity index (χ2v) is 7.57. The molecule has 0 unspecified atom stereocenters. The number of hydrogen-bond acceptors (Lipinski definition) is 3. The molecule has 2 aromatic heterocycles. The Hall–Kier alpha value is -2.12. The number of aryl methyl sites for hydroxylation is 1. The molecule has 27 heavy (non-hydrogen) atoms. The summed E-state index contributed by atoms with van der Waals surface area (Å²) in [5.41, 5.74) is 0.401. The molecule has 3 heterocycles. The zero-order valence-corrected chi connectivity index (χ0v) is 15.3. The Labute approximate surface area is 155 Å². The van der Waals surface area contributed by atoms with Crippen molar-refractivity contribution >= 4 is 11.6 Å². The predicted molar refractivity (Wildman–Crippen MR) is 93.3 cm³/mol. The van der Waals surface area contributed by atoms with Gasteiger partial charge in [0.1, 0.15) is 5.69 Å². The lowest BCUT2D eigenvalue weighted by Gasteiger charge is -2.20. The third-order valence-corrected chi connectivity index (χ3v) is 5.77. The van der Waals surface area contributed by atoms with Crippen LogP contribution in [0.2, 0.25) is 0 Å². The van der Waals surface area contributed by atoms with Gasteiger partial charge in [-0.05, 0) is 31.7 Å². The molecule has 2 fully saturated rings. The van der Waals surface area contributed by atoms with Crippen molar-refractivity contribution < 1.29 is 18.0 Å². The van der Waals surface area contributed by atoms with Crippen LogP contribution in [0.15, 0.2) is 12.1 Å². The largest absolute Gasteiger partial charge is 0.433 e. The maximum atomic E-state index is 13.4. The lowest BCUT2D eigenvalue weighted by Crippen LogP contribution is -2.33. The van der Waals surface area contributed by atoms with E-state index in [2.05, 4.69) is 10.1 Å². The number of alkyl halides is 3. The molecule has 146 valence electrons. The highest BCUT2D eigenvalue weighted by Gasteiger charge is 2.37. The summed E-state index contributed by atoms with van der Waals surface area (Å²) >= 11 is 0. The molecule has 4 rings (SSSR count). The summed E-state index contributed by atoms with van der Waals surface area (Å²) in [6.07, 6.45) is 0.767. The zero-order chi connectivity index (χ0) is 19.2. The van der Waals surface area contributed by atoms with E-state index in [9.17, 15) is 18.0 Å². The van der Waals surface area contributed by atoms with Crippen LogP contribution in [-0.2, 0) is 17.4 Å². The van der Waals surface area contributed by atoms with Crippen molar-refractivity contribution in [2.24, 2.45) is 5.92 Å². The number of rotatable bonds is 3. The van der Waals surface area contributed by atoms with Crippen LogP contribution in [0, 0.1) is 5.92 Å². The number of carbonyl (C=O) groups excluding carboxylic acids is 1. The summed E-state index contributed by atoms with van der Waals surface area (Å²) in [7, 11) is 0. The van der Waals surface area contributed by atoms with Crippen LogP contribution in [0.1, 0.15) is 62.0 Å². The first-order valence-electron chi connectivity index (χ1n) is 9.62. The molecule has 2 aliphatic rings. The van der Waals surface area contributed by atoms with Crippen LogP contribution in [-0.4, -0.2) is 38.5 Å². The first-order chi connectivity index (χ1) is 12.9. The van der Waals surface area contributed by atoms with Gasteiger partial charge in [-0.2, -0.15) is 18.3 Å². The van der Waals surface area contributed by atoms with Gasteiger partial charge >= 0.3 is 6.18 Å². The quantitative estimate of drug-likeness (QED) is 0.814. The van der Waals surface area contributed by atoms with Crippen LogP contribution in [0.5, 0.6) is 0 Å². The lowest BCUT2D eigenvalue weighted by atomic mass is 10.1. The first-order valence-corrected chi connectivity index (χ1v) is 9.62. The monoisotopic (exact) mass is 380 g/mol. The predicted octanol–water partition coefficient (Wildman–Crippen LogP) is 3.82. The molecule has 5 nitrogen and oxygen atoms in total. The fourth-order valence-electron chi connectivity index (χ4n) is 4.26. The highest BCUT2D eigenvalue weighted by Crippen LogP contribution is 2.34. The van der Waals surface area contributed by atoms with Crippen molar-refractivity contribution in [3.05, 3.63) is 29.2 Å². The molecule has 0 spiro atoms. The zero-order valence-electron chi connectivity index (χ0n) is 15.3. The molecular formula is C19H23F3N4O. The Balaban J connectivity index is 1.60. The van der Waals surface area contributed by atoms with E-state index in [1.165, 1.54) is 0 Å². The number of amides is 1. The van der Waals surface area contributed by atoms with Gasteiger partial charge in [0.2, 0.25) is 5.91 Å². The summed E-state index contributed by atoms with van der Waals surface area (Å²) in [5.74, 6) is 0.278. The summed E-state index contributed by atoms with van der Waals surface area (Å²) in [4.78, 5) is 18.8. The lowest BCUT2D eigenvalue weighted by molar-refractivity contribution is -0.142. The topological polar surface area (TPSA) is 50.5 Å². The van der Waals surface area contributed by atoms with Crippen molar-refractivity contribution in [2.45, 2.75) is 57.5 Å². The molecule has 0 radical (unpaired) electrons. The van der Waals surface area contributed by atoms with E-state index >= 15 is 0 Å². The van der Waals surface area contributed by atoms with Crippen LogP contribution >= 0.6 is 0 Å². The van der Waals surface area contributed by atoms with Crippen LogP contribution in [0.25, 0.3) is 5.65 Å². The number of nitrogens with zero attached hydrogens (tertiary/aromatic N) is 4. The molecule has 1 saturated carbocycles. The summed E-state index contributed by atoms with van der Waals surface area (Å²) < 4.78 is 41.2. The SMILES string of the molecule is CCc1cc(C(F)(F)F)n2nc([C@@H]3CCN(C(=O)C4CCCC4)C3)cc2n1. The van der Waals surface area contributed by atoms with E-state index in [0.717, 1.165) is 42.7 Å². The van der Waals surface area contributed by atoms with E-state index in [-0.39, 0.29) is 23.4 Å². The highest BCUT2D eigenvalue weighted by molar-refractivity contribution is 5.79. The van der Waals surface area contributed by atoms with Gasteiger partial charge in [0.05, 0.1) is 5.69 Å². The second-order valence-electron chi connectivity index (χ2n) is 7.57. The Morgan fingerprint density at radius 3 is 2.63 bits per heavy atom. The van der Waals surface area contributed by atoms with Crippen molar-refractivity contribution in [2.75, 3.05) is 13.1 Å². The smallest absolute Gasteiger partial charge is 0.342 e. The van der Waals surface area contributed by atoms with Gasteiger partial charge in [-0.3, -0.25) is 4.79 Å². The van der Waals surface area contributed by atoms with E-state index < -0.39 is 11.9 Å². The van der Waals surface area contributed by atoms with E-state index in [1.54, 1.807) is 13.0 Å². The van der Waals surface area contributed by atoms with Gasteiger partial charge in [0.25, 0.3) is 0 Å². The number of hydrogen-bond donors (Lipinski definition) is 0. The van der Waals surface area contributed by atoms with Crippen LogP contribution in [0.4, 0.5) is 13.2 Å². The minimum atomic E-state index is -4.49.